The highest BCUT2D eigenvalue weighted by molar-refractivity contribution is 9.09. The summed E-state index contributed by atoms with van der Waals surface area (Å²) in [6.07, 6.45) is 2.90. The van der Waals surface area contributed by atoms with Crippen molar-refractivity contribution in [3.05, 3.63) is 24.0 Å². The maximum absolute atomic E-state index is 11.6. The first kappa shape index (κ1) is 12.1. The first-order valence-electron chi connectivity index (χ1n) is 4.40. The van der Waals surface area contributed by atoms with Gasteiger partial charge in [-0.15, -0.1) is 0 Å². The largest absolute Gasteiger partial charge is 0.383 e. The Labute approximate surface area is 96.4 Å². The van der Waals surface area contributed by atoms with Gasteiger partial charge in [0.05, 0.1) is 30.6 Å². The number of hydrogen-bond acceptors (Lipinski definition) is 4. The highest BCUT2D eigenvalue weighted by Crippen LogP contribution is 1.97. The second-order valence-electron chi connectivity index (χ2n) is 2.91. The zero-order valence-corrected chi connectivity index (χ0v) is 9.90. The Hall–Kier alpha value is -1.01. The fraction of sp³-hybridized carbons (Fsp3) is 0.444. The van der Waals surface area contributed by atoms with Crippen molar-refractivity contribution >= 4 is 21.8 Å². The molecule has 1 rings (SSSR count). The third-order valence-electron chi connectivity index (χ3n) is 1.74. The van der Waals surface area contributed by atoms with Crippen LogP contribution in [0.4, 0.5) is 0 Å². The Bertz CT molecular complexity index is 307. The highest BCUT2D eigenvalue weighted by atomic mass is 79.9. The van der Waals surface area contributed by atoms with E-state index in [-0.39, 0.29) is 11.9 Å². The normalized spacial score (nSPS) is 12.1. The molecular formula is C9H12BrN3O2. The molecule has 1 unspecified atom stereocenters. The Kier molecular flexibility index (Phi) is 5.20. The van der Waals surface area contributed by atoms with E-state index < -0.39 is 0 Å². The molecule has 5 nitrogen and oxygen atoms in total. The predicted octanol–water partition coefficient (Wildman–Crippen LogP) is 0.616. The lowest BCUT2D eigenvalue weighted by molar-refractivity contribution is 0.0907. The minimum atomic E-state index is -0.175. The molecule has 15 heavy (non-hydrogen) atoms. The topological polar surface area (TPSA) is 64.1 Å². The summed E-state index contributed by atoms with van der Waals surface area (Å²) in [5.41, 5.74) is 0.493. The van der Waals surface area contributed by atoms with Crippen LogP contribution in [0.15, 0.2) is 18.5 Å². The quantitative estimate of drug-likeness (QED) is 0.799. The van der Waals surface area contributed by atoms with Crippen molar-refractivity contribution in [2.45, 2.75) is 6.04 Å². The summed E-state index contributed by atoms with van der Waals surface area (Å²) < 4.78 is 4.96. The second-order valence-corrected chi connectivity index (χ2v) is 3.56. The van der Waals surface area contributed by atoms with Gasteiger partial charge in [-0.25, -0.2) is 0 Å². The lowest BCUT2D eigenvalue weighted by Crippen LogP contribution is -2.39. The number of carbonyl (C=O) groups is 1. The number of halogens is 1. The lowest BCUT2D eigenvalue weighted by atomic mass is 10.2. The van der Waals surface area contributed by atoms with Crippen molar-refractivity contribution in [1.82, 2.24) is 15.5 Å². The van der Waals surface area contributed by atoms with Crippen LogP contribution in [0.25, 0.3) is 0 Å². The Morgan fingerprint density at radius 1 is 1.67 bits per heavy atom. The van der Waals surface area contributed by atoms with Crippen molar-refractivity contribution in [2.24, 2.45) is 0 Å². The first-order chi connectivity index (χ1) is 7.27. The van der Waals surface area contributed by atoms with Crippen LogP contribution in [0.3, 0.4) is 0 Å². The summed E-state index contributed by atoms with van der Waals surface area (Å²) in [6.45, 7) is 0.468. The number of methoxy groups -OCH3 is 1. The van der Waals surface area contributed by atoms with E-state index in [4.69, 9.17) is 4.74 Å². The number of alkyl halides is 1. The summed E-state index contributed by atoms with van der Waals surface area (Å²) in [7, 11) is 1.59. The van der Waals surface area contributed by atoms with E-state index >= 15 is 0 Å². The van der Waals surface area contributed by atoms with Crippen LogP contribution in [0.5, 0.6) is 0 Å². The Balaban J connectivity index is 2.55. The number of amides is 1. The van der Waals surface area contributed by atoms with Crippen LogP contribution in [0.2, 0.25) is 0 Å². The standard InChI is InChI=1S/C9H12BrN3O2/c1-15-6-8(4-10)13-9(14)7-2-3-11-12-5-7/h2-3,5,8H,4,6H2,1H3,(H,13,14). The number of ether oxygens (including phenoxy) is 1. The van der Waals surface area contributed by atoms with E-state index in [1.54, 1.807) is 13.2 Å². The predicted molar refractivity (Wildman–Crippen MR) is 59.0 cm³/mol. The monoisotopic (exact) mass is 273 g/mol. The second kappa shape index (κ2) is 6.47. The molecule has 82 valence electrons. The van der Waals surface area contributed by atoms with E-state index in [0.717, 1.165) is 0 Å². The van der Waals surface area contributed by atoms with Crippen molar-refractivity contribution < 1.29 is 9.53 Å². The molecule has 1 aromatic rings. The average molecular weight is 274 g/mol. The summed E-state index contributed by atoms with van der Waals surface area (Å²) >= 11 is 3.30. The number of rotatable bonds is 5. The van der Waals surface area contributed by atoms with Crippen LogP contribution >= 0.6 is 15.9 Å². The highest BCUT2D eigenvalue weighted by Gasteiger charge is 2.12. The minimum absolute atomic E-state index is 0.0457. The van der Waals surface area contributed by atoms with Crippen LogP contribution in [-0.2, 0) is 4.74 Å². The van der Waals surface area contributed by atoms with Gasteiger partial charge in [0.15, 0.2) is 0 Å². The van der Waals surface area contributed by atoms with E-state index in [1.807, 2.05) is 0 Å². The average Bonchev–Trinajstić information content (AvgIpc) is 2.29. The van der Waals surface area contributed by atoms with Crippen LogP contribution in [0.1, 0.15) is 10.4 Å². The fourth-order valence-corrected chi connectivity index (χ4v) is 1.37. The van der Waals surface area contributed by atoms with Crippen molar-refractivity contribution in [1.29, 1.82) is 0 Å². The van der Waals surface area contributed by atoms with Gasteiger partial charge in [-0.05, 0) is 6.07 Å². The molecular weight excluding hydrogens is 262 g/mol. The van der Waals surface area contributed by atoms with E-state index in [0.29, 0.717) is 17.5 Å². The van der Waals surface area contributed by atoms with Gasteiger partial charge < -0.3 is 10.1 Å². The molecule has 0 aliphatic heterocycles. The third kappa shape index (κ3) is 3.93. The molecule has 6 heteroatoms. The lowest BCUT2D eigenvalue weighted by Gasteiger charge is -2.14. The number of nitrogens with zero attached hydrogens (tertiary/aromatic N) is 2. The Morgan fingerprint density at radius 3 is 3.00 bits per heavy atom. The molecule has 1 atom stereocenters. The smallest absolute Gasteiger partial charge is 0.253 e. The zero-order chi connectivity index (χ0) is 11.1. The maximum Gasteiger partial charge on any atom is 0.253 e. The van der Waals surface area contributed by atoms with Crippen LogP contribution in [-0.4, -0.2) is 41.2 Å². The van der Waals surface area contributed by atoms with Crippen LogP contribution in [0, 0.1) is 0 Å². The molecule has 1 N–H and O–H groups in total. The molecule has 0 aromatic carbocycles. The van der Waals surface area contributed by atoms with Crippen molar-refractivity contribution in [3.8, 4) is 0 Å². The van der Waals surface area contributed by atoms with E-state index in [2.05, 4.69) is 31.4 Å². The molecule has 0 saturated heterocycles. The third-order valence-corrected chi connectivity index (χ3v) is 2.52. The maximum atomic E-state index is 11.6. The molecule has 0 saturated carbocycles. The zero-order valence-electron chi connectivity index (χ0n) is 8.31. The summed E-state index contributed by atoms with van der Waals surface area (Å²) in [5.74, 6) is -0.175. The van der Waals surface area contributed by atoms with Crippen molar-refractivity contribution in [2.75, 3.05) is 19.0 Å². The minimum Gasteiger partial charge on any atom is -0.383 e. The number of hydrogen-bond donors (Lipinski definition) is 1. The van der Waals surface area contributed by atoms with Gasteiger partial charge in [0, 0.05) is 12.4 Å². The van der Waals surface area contributed by atoms with Gasteiger partial charge in [0.25, 0.3) is 5.91 Å². The fourth-order valence-electron chi connectivity index (χ4n) is 1.02. The van der Waals surface area contributed by atoms with Gasteiger partial charge in [0.2, 0.25) is 0 Å². The molecule has 0 bridgehead atoms. The SMILES string of the molecule is COCC(CBr)NC(=O)c1ccnnc1. The number of nitrogens with one attached hydrogen (secondary N) is 1. The van der Waals surface area contributed by atoms with Gasteiger partial charge >= 0.3 is 0 Å². The summed E-state index contributed by atoms with van der Waals surface area (Å²) in [5, 5.41) is 10.7. The summed E-state index contributed by atoms with van der Waals surface area (Å²) in [4.78, 5) is 11.6. The van der Waals surface area contributed by atoms with Gasteiger partial charge in [0.1, 0.15) is 0 Å². The van der Waals surface area contributed by atoms with Crippen molar-refractivity contribution in [3.63, 3.8) is 0 Å². The molecule has 1 aromatic heterocycles. The number of aromatic nitrogens is 2. The summed E-state index contributed by atoms with van der Waals surface area (Å²) in [6, 6.07) is 1.57. The molecule has 1 heterocycles. The Morgan fingerprint density at radius 2 is 2.47 bits per heavy atom. The molecule has 0 spiro atoms. The van der Waals surface area contributed by atoms with Gasteiger partial charge in [-0.1, -0.05) is 15.9 Å². The molecule has 0 fully saturated rings. The first-order valence-corrected chi connectivity index (χ1v) is 5.52. The van der Waals surface area contributed by atoms with E-state index in [9.17, 15) is 4.79 Å². The number of carbonyl (C=O) groups excluding carboxylic acids is 1. The van der Waals surface area contributed by atoms with E-state index in [1.165, 1.54) is 12.4 Å². The molecule has 0 aliphatic rings. The molecule has 1 amide bonds. The van der Waals surface area contributed by atoms with Gasteiger partial charge in [-0.2, -0.15) is 10.2 Å². The molecule has 0 radical (unpaired) electrons. The van der Waals surface area contributed by atoms with Gasteiger partial charge in [-0.3, -0.25) is 4.79 Å². The van der Waals surface area contributed by atoms with Crippen LogP contribution < -0.4 is 5.32 Å². The molecule has 0 aliphatic carbocycles.